The number of sulfonamides is 1. The van der Waals surface area contributed by atoms with Gasteiger partial charge in [0.1, 0.15) is 0 Å². The highest BCUT2D eigenvalue weighted by Crippen LogP contribution is 2.21. The maximum absolute atomic E-state index is 12.8. The second kappa shape index (κ2) is 8.11. The van der Waals surface area contributed by atoms with Crippen molar-refractivity contribution < 1.29 is 18.0 Å². The largest absolute Gasteiger partial charge is 0.324 e. The smallest absolute Gasteiger partial charge is 0.260 e. The van der Waals surface area contributed by atoms with E-state index in [0.717, 1.165) is 6.26 Å². The van der Waals surface area contributed by atoms with E-state index in [1.165, 1.54) is 11.8 Å². The number of anilines is 2. The Morgan fingerprint density at radius 1 is 1.00 bits per heavy atom. The predicted molar refractivity (Wildman–Crippen MR) is 102 cm³/mol. The average Bonchev–Trinajstić information content (AvgIpc) is 2.60. The minimum Gasteiger partial charge on any atom is -0.324 e. The van der Waals surface area contributed by atoms with Crippen molar-refractivity contribution in [2.45, 2.75) is 13.0 Å². The Morgan fingerprint density at radius 3 is 2.19 bits per heavy atom. The van der Waals surface area contributed by atoms with E-state index in [2.05, 4.69) is 10.0 Å². The molecule has 0 radical (unpaired) electrons. The molecule has 0 bridgehead atoms. The second-order valence-corrected chi connectivity index (χ2v) is 7.63. The fourth-order valence-corrected chi connectivity index (χ4v) is 3.09. The van der Waals surface area contributed by atoms with Gasteiger partial charge in [0.05, 0.1) is 23.5 Å². The molecule has 8 heteroatoms. The average molecular weight is 375 g/mol. The number of rotatable bonds is 6. The lowest BCUT2D eigenvalue weighted by molar-refractivity contribution is -0.117. The maximum Gasteiger partial charge on any atom is 0.260 e. The normalized spacial score (nSPS) is 12.3. The number of carbonyl (C=O) groups excluding carboxylic acids is 2. The van der Waals surface area contributed by atoms with Crippen LogP contribution in [0, 0.1) is 0 Å². The first-order valence-electron chi connectivity index (χ1n) is 7.89. The van der Waals surface area contributed by atoms with Gasteiger partial charge >= 0.3 is 0 Å². The van der Waals surface area contributed by atoms with Crippen LogP contribution in [0.5, 0.6) is 0 Å². The summed E-state index contributed by atoms with van der Waals surface area (Å²) in [6, 6.07) is 14.7. The summed E-state index contributed by atoms with van der Waals surface area (Å²) in [5.41, 5.74) is 1.33. The van der Waals surface area contributed by atoms with Gasteiger partial charge in [-0.2, -0.15) is 0 Å². The van der Waals surface area contributed by atoms with E-state index in [4.69, 9.17) is 0 Å². The minimum absolute atomic E-state index is 0.296. The van der Waals surface area contributed by atoms with Gasteiger partial charge in [0.25, 0.3) is 5.91 Å². The van der Waals surface area contributed by atoms with E-state index in [1.807, 2.05) is 18.2 Å². The molecule has 0 saturated heterocycles. The summed E-state index contributed by atoms with van der Waals surface area (Å²) in [6.45, 7) is 1.43. The van der Waals surface area contributed by atoms with Gasteiger partial charge in [0.2, 0.25) is 15.9 Å². The van der Waals surface area contributed by atoms with Gasteiger partial charge in [0.15, 0.2) is 0 Å². The Balaban J connectivity index is 2.22. The van der Waals surface area contributed by atoms with Crippen LogP contribution in [0.1, 0.15) is 17.3 Å². The number of amides is 2. The van der Waals surface area contributed by atoms with Crippen molar-refractivity contribution in [3.63, 3.8) is 0 Å². The van der Waals surface area contributed by atoms with Gasteiger partial charge in [-0.3, -0.25) is 9.59 Å². The van der Waals surface area contributed by atoms with Crippen molar-refractivity contribution in [1.29, 1.82) is 0 Å². The summed E-state index contributed by atoms with van der Waals surface area (Å²) < 4.78 is 24.7. The molecule has 0 spiro atoms. The zero-order valence-corrected chi connectivity index (χ0v) is 15.6. The molecule has 1 atom stereocenters. The third kappa shape index (κ3) is 5.14. The van der Waals surface area contributed by atoms with Gasteiger partial charge in [0, 0.05) is 12.7 Å². The highest BCUT2D eigenvalue weighted by atomic mass is 32.2. The zero-order chi connectivity index (χ0) is 19.3. The maximum atomic E-state index is 12.8. The lowest BCUT2D eigenvalue weighted by Crippen LogP contribution is -2.41. The first-order valence-corrected chi connectivity index (χ1v) is 9.78. The van der Waals surface area contributed by atoms with Crippen LogP contribution in [0.15, 0.2) is 54.6 Å². The van der Waals surface area contributed by atoms with Gasteiger partial charge in [-0.1, -0.05) is 30.3 Å². The van der Waals surface area contributed by atoms with Crippen LogP contribution in [0.25, 0.3) is 0 Å². The van der Waals surface area contributed by atoms with Gasteiger partial charge in [-0.05, 0) is 31.2 Å². The molecule has 0 aliphatic carbocycles. The fourth-order valence-electron chi connectivity index (χ4n) is 2.34. The van der Waals surface area contributed by atoms with E-state index in [-0.39, 0.29) is 5.91 Å². The Bertz CT molecular complexity index is 898. The molecule has 26 heavy (non-hydrogen) atoms. The number of hydrogen-bond acceptors (Lipinski definition) is 4. The monoisotopic (exact) mass is 375 g/mol. The van der Waals surface area contributed by atoms with E-state index in [9.17, 15) is 18.0 Å². The number of nitrogens with zero attached hydrogens (tertiary/aromatic N) is 1. The number of nitrogens with one attached hydrogen (secondary N) is 2. The highest BCUT2D eigenvalue weighted by molar-refractivity contribution is 7.88. The number of carbonyl (C=O) groups is 2. The molecule has 0 aromatic heterocycles. The molecule has 2 N–H and O–H groups in total. The summed E-state index contributed by atoms with van der Waals surface area (Å²) in [4.78, 5) is 26.5. The molecule has 0 aliphatic heterocycles. The molecule has 7 nitrogen and oxygen atoms in total. The fraction of sp³-hybridized carbons (Fsp3) is 0.222. The molecular weight excluding hydrogens is 354 g/mol. The molecule has 2 aromatic carbocycles. The summed E-state index contributed by atoms with van der Waals surface area (Å²) in [5, 5.41) is 2.61. The SMILES string of the molecule is C[C@@H](NS(C)(=O)=O)C(=O)Nc1ccccc1C(=O)N(C)c1ccccc1. The highest BCUT2D eigenvalue weighted by Gasteiger charge is 2.21. The molecule has 0 saturated carbocycles. The van der Waals surface area contributed by atoms with Crippen LogP contribution >= 0.6 is 0 Å². The molecule has 0 aliphatic rings. The Kier molecular flexibility index (Phi) is 6.12. The number of hydrogen-bond donors (Lipinski definition) is 2. The van der Waals surface area contributed by atoms with Crippen molar-refractivity contribution in [3.05, 3.63) is 60.2 Å². The summed E-state index contributed by atoms with van der Waals surface area (Å²) in [6.07, 6.45) is 0.975. The van der Waals surface area contributed by atoms with Crippen molar-refractivity contribution in [2.75, 3.05) is 23.5 Å². The summed E-state index contributed by atoms with van der Waals surface area (Å²) in [5.74, 6) is -0.853. The van der Waals surface area contributed by atoms with E-state index >= 15 is 0 Å². The van der Waals surface area contributed by atoms with E-state index < -0.39 is 22.0 Å². The Morgan fingerprint density at radius 2 is 1.58 bits per heavy atom. The lowest BCUT2D eigenvalue weighted by Gasteiger charge is -2.20. The Labute approximate surface area is 153 Å². The zero-order valence-electron chi connectivity index (χ0n) is 14.8. The van der Waals surface area contributed by atoms with Crippen molar-refractivity contribution in [2.24, 2.45) is 0 Å². The standard InChI is InChI=1S/C18H21N3O4S/c1-13(20-26(3,24)25)17(22)19-16-12-8-7-11-15(16)18(23)21(2)14-9-5-4-6-10-14/h4-13,20H,1-3H3,(H,19,22)/t13-/m1/s1. The van der Waals surface area contributed by atoms with Crippen LogP contribution in [-0.2, 0) is 14.8 Å². The van der Waals surface area contributed by atoms with E-state index in [0.29, 0.717) is 16.9 Å². The molecule has 2 aromatic rings. The minimum atomic E-state index is -3.52. The number of benzene rings is 2. The van der Waals surface area contributed by atoms with Gasteiger partial charge in [-0.15, -0.1) is 0 Å². The quantitative estimate of drug-likeness (QED) is 0.805. The number of para-hydroxylation sites is 2. The van der Waals surface area contributed by atoms with Gasteiger partial charge < -0.3 is 10.2 Å². The van der Waals surface area contributed by atoms with Gasteiger partial charge in [-0.25, -0.2) is 13.1 Å². The summed E-state index contributed by atoms with van der Waals surface area (Å²) in [7, 11) is -1.88. The third-order valence-electron chi connectivity index (χ3n) is 3.65. The predicted octanol–water partition coefficient (Wildman–Crippen LogP) is 1.84. The third-order valence-corrected chi connectivity index (χ3v) is 4.43. The summed E-state index contributed by atoms with van der Waals surface area (Å²) >= 11 is 0. The van der Waals surface area contributed by atoms with Crippen LogP contribution in [-0.4, -0.2) is 39.6 Å². The lowest BCUT2D eigenvalue weighted by atomic mass is 10.1. The second-order valence-electron chi connectivity index (χ2n) is 5.85. The topological polar surface area (TPSA) is 95.6 Å². The van der Waals surface area contributed by atoms with Crippen molar-refractivity contribution in [1.82, 2.24) is 4.72 Å². The molecule has 2 rings (SSSR count). The van der Waals surface area contributed by atoms with E-state index in [1.54, 1.807) is 43.4 Å². The molecule has 138 valence electrons. The van der Waals surface area contributed by atoms with Crippen molar-refractivity contribution in [3.8, 4) is 0 Å². The van der Waals surface area contributed by atoms with Crippen LogP contribution in [0.3, 0.4) is 0 Å². The molecule has 2 amide bonds. The van der Waals surface area contributed by atoms with Crippen LogP contribution in [0.2, 0.25) is 0 Å². The van der Waals surface area contributed by atoms with Crippen LogP contribution < -0.4 is 14.9 Å². The molecule has 0 unspecified atom stereocenters. The molecule has 0 fully saturated rings. The molecule has 0 heterocycles. The first-order chi connectivity index (χ1) is 12.2. The first kappa shape index (κ1) is 19.6. The van der Waals surface area contributed by atoms with Crippen LogP contribution in [0.4, 0.5) is 11.4 Å². The molecular formula is C18H21N3O4S. The Hall–Kier alpha value is -2.71. The van der Waals surface area contributed by atoms with Crippen molar-refractivity contribution >= 4 is 33.2 Å².